The fourth-order valence-corrected chi connectivity index (χ4v) is 4.92. The van der Waals surface area contributed by atoms with Crippen LogP contribution in [0.25, 0.3) is 0 Å². The molecule has 134 valence electrons. The molecule has 0 aromatic heterocycles. The molecule has 0 saturated carbocycles. The summed E-state index contributed by atoms with van der Waals surface area (Å²) < 4.78 is 28.9. The summed E-state index contributed by atoms with van der Waals surface area (Å²) in [6.45, 7) is 7.20. The van der Waals surface area contributed by atoms with Gasteiger partial charge in [-0.1, -0.05) is 30.3 Å². The number of carbonyl (C=O) groups is 1. The molecular formula is C17H26NO5P. The van der Waals surface area contributed by atoms with E-state index in [9.17, 15) is 9.36 Å². The van der Waals surface area contributed by atoms with Crippen LogP contribution in [-0.2, 0) is 29.7 Å². The van der Waals surface area contributed by atoms with Crippen LogP contribution in [0.5, 0.6) is 0 Å². The molecule has 0 bridgehead atoms. The van der Waals surface area contributed by atoms with Crippen LogP contribution in [-0.4, -0.2) is 48.9 Å². The van der Waals surface area contributed by atoms with E-state index in [-0.39, 0.29) is 32.0 Å². The van der Waals surface area contributed by atoms with Gasteiger partial charge in [-0.2, -0.15) is 0 Å². The second kappa shape index (κ2) is 8.26. The van der Waals surface area contributed by atoms with Gasteiger partial charge in [-0.3, -0.25) is 9.46 Å². The molecule has 2 atom stereocenters. The molecule has 0 spiro atoms. The predicted octanol–water partition coefficient (Wildman–Crippen LogP) is 3.07. The Labute approximate surface area is 143 Å². The van der Waals surface area contributed by atoms with E-state index in [0.29, 0.717) is 13.1 Å². The Morgan fingerprint density at radius 3 is 2.29 bits per heavy atom. The van der Waals surface area contributed by atoms with Crippen LogP contribution in [0, 0.1) is 0 Å². The Hall–Kier alpha value is -1.20. The zero-order valence-corrected chi connectivity index (χ0v) is 15.5. The highest BCUT2D eigenvalue weighted by molar-refractivity contribution is 7.54. The van der Waals surface area contributed by atoms with Gasteiger partial charge in [0.1, 0.15) is 5.54 Å². The van der Waals surface area contributed by atoms with Crippen LogP contribution in [0.2, 0.25) is 0 Å². The first-order chi connectivity index (χ1) is 11.5. The molecule has 0 radical (unpaired) electrons. The highest BCUT2D eigenvalue weighted by Gasteiger charge is 2.62. The van der Waals surface area contributed by atoms with Gasteiger partial charge in [0, 0.05) is 13.1 Å². The minimum Gasteiger partial charge on any atom is -0.465 e. The summed E-state index contributed by atoms with van der Waals surface area (Å²) in [6, 6.07) is 9.85. The van der Waals surface area contributed by atoms with E-state index in [1.54, 1.807) is 20.8 Å². The number of hydrogen-bond acceptors (Lipinski definition) is 6. The number of ether oxygens (including phenoxy) is 1. The fourth-order valence-electron chi connectivity index (χ4n) is 2.81. The van der Waals surface area contributed by atoms with E-state index < -0.39 is 13.1 Å². The van der Waals surface area contributed by atoms with Gasteiger partial charge in [-0.15, -0.1) is 0 Å². The van der Waals surface area contributed by atoms with Gasteiger partial charge in [0.15, 0.2) is 0 Å². The molecule has 2 rings (SSSR count). The van der Waals surface area contributed by atoms with Crippen molar-refractivity contribution in [3.05, 3.63) is 35.9 Å². The first kappa shape index (κ1) is 19.1. The number of esters is 1. The Morgan fingerprint density at radius 1 is 1.12 bits per heavy atom. The van der Waals surface area contributed by atoms with Gasteiger partial charge in [-0.05, 0) is 26.3 Å². The van der Waals surface area contributed by atoms with Crippen LogP contribution in [0.4, 0.5) is 0 Å². The quantitative estimate of drug-likeness (QED) is 0.365. The van der Waals surface area contributed by atoms with E-state index in [2.05, 4.69) is 0 Å². The normalized spacial score (nSPS) is 23.0. The standard InChI is InChI=1S/C17H26NO5P/c1-4-21-16(19)17(14-24(20,22-5-2)23-6-3)13-18(17)12-15-10-8-7-9-11-15/h7-11H,4-6,12-14H2,1-3H3. The molecule has 7 heteroatoms. The van der Waals surface area contributed by atoms with Crippen LogP contribution in [0.1, 0.15) is 26.3 Å². The third-order valence-corrected chi connectivity index (χ3v) is 6.15. The summed E-state index contributed by atoms with van der Waals surface area (Å²) >= 11 is 0. The predicted molar refractivity (Wildman–Crippen MR) is 91.9 cm³/mol. The highest BCUT2D eigenvalue weighted by atomic mass is 31.2. The van der Waals surface area contributed by atoms with Gasteiger partial charge in [-0.25, -0.2) is 4.79 Å². The topological polar surface area (TPSA) is 64.8 Å². The summed E-state index contributed by atoms with van der Waals surface area (Å²) in [5.41, 5.74) is 0.164. The minimum absolute atomic E-state index is 0.0212. The van der Waals surface area contributed by atoms with Gasteiger partial charge in [0.2, 0.25) is 0 Å². The smallest absolute Gasteiger partial charge is 0.333 e. The van der Waals surface area contributed by atoms with Crippen molar-refractivity contribution < 1.29 is 23.1 Å². The number of carbonyl (C=O) groups excluding carboxylic acids is 1. The van der Waals surface area contributed by atoms with Gasteiger partial charge < -0.3 is 13.8 Å². The molecular weight excluding hydrogens is 329 g/mol. The second-order valence-corrected chi connectivity index (χ2v) is 7.75. The first-order valence-electron chi connectivity index (χ1n) is 8.34. The molecule has 24 heavy (non-hydrogen) atoms. The van der Waals surface area contributed by atoms with Crippen molar-refractivity contribution in [1.29, 1.82) is 0 Å². The number of rotatable bonds is 10. The average Bonchev–Trinajstić information content (AvgIpc) is 3.22. The van der Waals surface area contributed by atoms with Crippen molar-refractivity contribution in [1.82, 2.24) is 4.90 Å². The summed E-state index contributed by atoms with van der Waals surface area (Å²) in [6.07, 6.45) is 0.0212. The van der Waals surface area contributed by atoms with Crippen molar-refractivity contribution in [2.45, 2.75) is 32.9 Å². The molecule has 6 nitrogen and oxygen atoms in total. The lowest BCUT2D eigenvalue weighted by Crippen LogP contribution is -2.36. The molecule has 1 saturated heterocycles. The molecule has 2 unspecified atom stereocenters. The zero-order chi connectivity index (χ0) is 17.6. The van der Waals surface area contributed by atoms with Crippen LogP contribution in [0.15, 0.2) is 30.3 Å². The van der Waals surface area contributed by atoms with E-state index in [0.717, 1.165) is 5.56 Å². The van der Waals surface area contributed by atoms with E-state index in [1.165, 1.54) is 0 Å². The molecule has 1 aliphatic rings. The molecule has 1 heterocycles. The second-order valence-electron chi connectivity index (χ2n) is 5.70. The Balaban J connectivity index is 2.17. The van der Waals surface area contributed by atoms with E-state index in [1.807, 2.05) is 35.2 Å². The molecule has 1 aromatic rings. The number of nitrogens with zero attached hydrogens (tertiary/aromatic N) is 1. The van der Waals surface area contributed by atoms with Gasteiger partial charge >= 0.3 is 13.6 Å². The molecule has 1 aliphatic heterocycles. The summed E-state index contributed by atoms with van der Waals surface area (Å²) in [4.78, 5) is 14.5. The SMILES string of the molecule is CCOC(=O)C1(CP(=O)(OCC)OCC)CN1Cc1ccccc1. The Kier molecular flexibility index (Phi) is 6.58. The molecule has 0 amide bonds. The molecule has 0 aliphatic carbocycles. The maximum atomic E-state index is 12.9. The lowest BCUT2D eigenvalue weighted by atomic mass is 10.2. The van der Waals surface area contributed by atoms with E-state index in [4.69, 9.17) is 13.8 Å². The van der Waals surface area contributed by atoms with Gasteiger partial charge in [0.05, 0.1) is 26.0 Å². The summed E-state index contributed by atoms with van der Waals surface area (Å²) in [5, 5.41) is 0. The van der Waals surface area contributed by atoms with Crippen LogP contribution < -0.4 is 0 Å². The largest absolute Gasteiger partial charge is 0.465 e. The van der Waals surface area contributed by atoms with Crippen molar-refractivity contribution in [2.75, 3.05) is 32.5 Å². The minimum atomic E-state index is -3.34. The molecule has 0 N–H and O–H groups in total. The Bertz CT molecular complexity index is 584. The van der Waals surface area contributed by atoms with Crippen molar-refractivity contribution in [3.8, 4) is 0 Å². The maximum Gasteiger partial charge on any atom is 0.333 e. The van der Waals surface area contributed by atoms with Crippen molar-refractivity contribution in [2.24, 2.45) is 0 Å². The van der Waals surface area contributed by atoms with Gasteiger partial charge in [0.25, 0.3) is 0 Å². The third-order valence-electron chi connectivity index (χ3n) is 3.93. The van der Waals surface area contributed by atoms with Crippen LogP contribution >= 0.6 is 7.60 Å². The van der Waals surface area contributed by atoms with Crippen molar-refractivity contribution in [3.63, 3.8) is 0 Å². The lowest BCUT2D eigenvalue weighted by molar-refractivity contribution is -0.147. The highest BCUT2D eigenvalue weighted by Crippen LogP contribution is 2.55. The molecule has 1 fully saturated rings. The molecule has 1 aromatic carbocycles. The number of hydrogen-bond donors (Lipinski definition) is 0. The maximum absolute atomic E-state index is 12.9. The lowest BCUT2D eigenvalue weighted by Gasteiger charge is -2.22. The third kappa shape index (κ3) is 4.45. The number of benzene rings is 1. The summed E-state index contributed by atoms with van der Waals surface area (Å²) in [5.74, 6) is -0.361. The first-order valence-corrected chi connectivity index (χ1v) is 10.1. The van der Waals surface area contributed by atoms with E-state index >= 15 is 0 Å². The Morgan fingerprint density at radius 2 is 1.75 bits per heavy atom. The van der Waals surface area contributed by atoms with Crippen molar-refractivity contribution >= 4 is 13.6 Å². The summed E-state index contributed by atoms with van der Waals surface area (Å²) in [7, 11) is -3.34. The van der Waals surface area contributed by atoms with Crippen LogP contribution in [0.3, 0.4) is 0 Å². The average molecular weight is 355 g/mol. The fraction of sp³-hybridized carbons (Fsp3) is 0.588. The zero-order valence-electron chi connectivity index (χ0n) is 14.6. The monoisotopic (exact) mass is 355 g/mol.